The van der Waals surface area contributed by atoms with E-state index in [0.29, 0.717) is 43.3 Å². The van der Waals surface area contributed by atoms with Crippen LogP contribution in [0.5, 0.6) is 0 Å². The van der Waals surface area contributed by atoms with Crippen molar-refractivity contribution in [1.82, 2.24) is 16.2 Å². The van der Waals surface area contributed by atoms with E-state index in [-0.39, 0.29) is 28.5 Å². The Balaban J connectivity index is 1.41. The molecule has 2 aliphatic heterocycles. The van der Waals surface area contributed by atoms with Gasteiger partial charge in [-0.3, -0.25) is 25.8 Å². The summed E-state index contributed by atoms with van der Waals surface area (Å²) in [6.45, 7) is 2.58. The molecule has 0 spiro atoms. The molecule has 2 heterocycles. The lowest BCUT2D eigenvalue weighted by Gasteiger charge is -2.32. The van der Waals surface area contributed by atoms with Crippen LogP contribution in [0.25, 0.3) is 0 Å². The third-order valence-corrected chi connectivity index (χ3v) is 5.34. The number of nitrogens with one attached hydrogen (secondary N) is 3. The summed E-state index contributed by atoms with van der Waals surface area (Å²) in [6, 6.07) is 6.69. The van der Waals surface area contributed by atoms with Crippen LogP contribution >= 0.6 is 12.2 Å². The highest BCUT2D eigenvalue weighted by Gasteiger charge is 2.28. The molecule has 0 aliphatic carbocycles. The molecule has 10 heteroatoms. The molecular weight excluding hydrogens is 382 g/mol. The van der Waals surface area contributed by atoms with Crippen molar-refractivity contribution < 1.29 is 14.5 Å². The third kappa shape index (κ3) is 5.29. The number of carbonyl (C=O) groups is 1. The van der Waals surface area contributed by atoms with Crippen molar-refractivity contribution in [3.63, 3.8) is 0 Å². The van der Waals surface area contributed by atoms with E-state index in [1.54, 1.807) is 18.2 Å². The molecule has 1 aromatic carbocycles. The van der Waals surface area contributed by atoms with Crippen molar-refractivity contribution >= 4 is 34.6 Å². The lowest BCUT2D eigenvalue weighted by Crippen LogP contribution is -2.51. The van der Waals surface area contributed by atoms with Crippen molar-refractivity contribution in [3.05, 3.63) is 34.4 Å². The van der Waals surface area contributed by atoms with Gasteiger partial charge in [0.05, 0.1) is 11.0 Å². The number of hydrogen-bond donors (Lipinski definition) is 3. The Labute approximate surface area is 168 Å². The molecule has 1 amide bonds. The van der Waals surface area contributed by atoms with E-state index in [1.165, 1.54) is 6.07 Å². The lowest BCUT2D eigenvalue weighted by atomic mass is 9.95. The van der Waals surface area contributed by atoms with Gasteiger partial charge in [0.1, 0.15) is 5.69 Å². The Kier molecular flexibility index (Phi) is 6.99. The van der Waals surface area contributed by atoms with Crippen LogP contribution in [0.15, 0.2) is 24.3 Å². The minimum Gasteiger partial charge on any atom is -0.376 e. The second-order valence-corrected chi connectivity index (χ2v) is 7.37. The number of nitrogens with zero attached hydrogens (tertiary/aromatic N) is 2. The number of nitro benzene ring substituents is 1. The molecule has 3 N–H and O–H groups in total. The summed E-state index contributed by atoms with van der Waals surface area (Å²) in [5.74, 6) is -0.282. The number of amides is 1. The van der Waals surface area contributed by atoms with E-state index in [2.05, 4.69) is 16.2 Å². The first kappa shape index (κ1) is 20.3. The van der Waals surface area contributed by atoms with Gasteiger partial charge in [-0.1, -0.05) is 12.1 Å². The average molecular weight is 407 g/mol. The molecule has 3 rings (SSSR count). The second kappa shape index (κ2) is 9.65. The average Bonchev–Trinajstić information content (AvgIpc) is 3.24. The van der Waals surface area contributed by atoms with Crippen LogP contribution in [0.2, 0.25) is 0 Å². The molecule has 1 atom stereocenters. The van der Waals surface area contributed by atoms with Crippen molar-refractivity contribution in [1.29, 1.82) is 0 Å². The van der Waals surface area contributed by atoms with Gasteiger partial charge < -0.3 is 15.0 Å². The number of nitro groups is 1. The van der Waals surface area contributed by atoms with Gasteiger partial charge in [0.25, 0.3) is 5.69 Å². The number of ether oxygens (including phenoxy) is 1. The number of hydrogen-bond acceptors (Lipinski definition) is 6. The van der Waals surface area contributed by atoms with E-state index in [1.807, 2.05) is 4.90 Å². The van der Waals surface area contributed by atoms with E-state index in [0.717, 1.165) is 19.4 Å². The fourth-order valence-electron chi connectivity index (χ4n) is 3.55. The van der Waals surface area contributed by atoms with Gasteiger partial charge in [-0.2, -0.15) is 0 Å². The Bertz CT molecular complexity index is 718. The zero-order valence-corrected chi connectivity index (χ0v) is 16.4. The van der Waals surface area contributed by atoms with Gasteiger partial charge in [0.2, 0.25) is 5.91 Å². The number of carbonyl (C=O) groups excluding carboxylic acids is 1. The highest BCUT2D eigenvalue weighted by molar-refractivity contribution is 7.80. The van der Waals surface area contributed by atoms with Crippen LogP contribution < -0.4 is 21.1 Å². The Morgan fingerprint density at radius 2 is 2.00 bits per heavy atom. The fraction of sp³-hybridized carbons (Fsp3) is 0.556. The van der Waals surface area contributed by atoms with Crippen LogP contribution in [-0.2, 0) is 9.53 Å². The normalized spacial score (nSPS) is 19.9. The molecule has 9 nitrogen and oxygen atoms in total. The highest BCUT2D eigenvalue weighted by atomic mass is 32.1. The number of hydrazine groups is 1. The van der Waals surface area contributed by atoms with Crippen molar-refractivity contribution in [2.24, 2.45) is 5.92 Å². The summed E-state index contributed by atoms with van der Waals surface area (Å²) in [5.41, 5.74) is 6.08. The first-order valence-corrected chi connectivity index (χ1v) is 9.89. The molecular formula is C18H25N5O4S. The molecule has 2 fully saturated rings. The molecule has 2 aliphatic rings. The Hall–Kier alpha value is -2.46. The van der Waals surface area contributed by atoms with Crippen LogP contribution in [0.4, 0.5) is 11.4 Å². The smallest absolute Gasteiger partial charge is 0.292 e. The maximum absolute atomic E-state index is 12.4. The van der Waals surface area contributed by atoms with Crippen LogP contribution in [-0.4, -0.2) is 48.3 Å². The van der Waals surface area contributed by atoms with Crippen LogP contribution in [0, 0.1) is 16.0 Å². The van der Waals surface area contributed by atoms with E-state index in [4.69, 9.17) is 17.0 Å². The van der Waals surface area contributed by atoms with Crippen LogP contribution in [0.3, 0.4) is 0 Å². The second-order valence-electron chi connectivity index (χ2n) is 6.97. The number of para-hydroxylation sites is 2. The number of anilines is 1. The molecule has 152 valence electrons. The van der Waals surface area contributed by atoms with Crippen molar-refractivity contribution in [3.8, 4) is 0 Å². The number of benzene rings is 1. The zero-order chi connectivity index (χ0) is 19.9. The SMILES string of the molecule is O=C(NNC(=S)NC[C@H]1CCCO1)C1CCN(c2ccccc2[N+](=O)[O-])CC1. The minimum atomic E-state index is -0.372. The maximum Gasteiger partial charge on any atom is 0.292 e. The van der Waals surface area contributed by atoms with Gasteiger partial charge in [0.15, 0.2) is 5.11 Å². The summed E-state index contributed by atoms with van der Waals surface area (Å²) in [7, 11) is 0. The zero-order valence-electron chi connectivity index (χ0n) is 15.6. The van der Waals surface area contributed by atoms with Crippen LogP contribution in [0.1, 0.15) is 25.7 Å². The molecule has 2 saturated heterocycles. The van der Waals surface area contributed by atoms with Gasteiger partial charge in [-0.05, 0) is 44.0 Å². The number of piperidine rings is 1. The highest BCUT2D eigenvalue weighted by Crippen LogP contribution is 2.31. The van der Waals surface area contributed by atoms with Gasteiger partial charge in [0, 0.05) is 38.2 Å². The van der Waals surface area contributed by atoms with E-state index in [9.17, 15) is 14.9 Å². The molecule has 0 aromatic heterocycles. The fourth-order valence-corrected chi connectivity index (χ4v) is 3.68. The summed E-state index contributed by atoms with van der Waals surface area (Å²) < 4.78 is 5.51. The predicted octanol–water partition coefficient (Wildman–Crippen LogP) is 1.49. The van der Waals surface area contributed by atoms with Gasteiger partial charge in [-0.25, -0.2) is 0 Å². The first-order valence-electron chi connectivity index (χ1n) is 9.48. The predicted molar refractivity (Wildman–Crippen MR) is 109 cm³/mol. The number of thiocarbonyl (C=S) groups is 1. The first-order chi connectivity index (χ1) is 13.5. The topological polar surface area (TPSA) is 109 Å². The van der Waals surface area contributed by atoms with E-state index >= 15 is 0 Å². The summed E-state index contributed by atoms with van der Waals surface area (Å²) in [5, 5.41) is 14.6. The van der Waals surface area contributed by atoms with Crippen molar-refractivity contribution in [2.45, 2.75) is 31.8 Å². The third-order valence-electron chi connectivity index (χ3n) is 5.10. The minimum absolute atomic E-state index is 0.0923. The maximum atomic E-state index is 12.4. The summed E-state index contributed by atoms with van der Waals surface area (Å²) >= 11 is 5.17. The van der Waals surface area contributed by atoms with E-state index < -0.39 is 0 Å². The summed E-state index contributed by atoms with van der Waals surface area (Å²) in [6.07, 6.45) is 3.49. The summed E-state index contributed by atoms with van der Waals surface area (Å²) in [4.78, 5) is 25.2. The molecule has 0 bridgehead atoms. The molecule has 0 radical (unpaired) electrons. The molecule has 0 saturated carbocycles. The Morgan fingerprint density at radius 3 is 2.68 bits per heavy atom. The monoisotopic (exact) mass is 407 g/mol. The van der Waals surface area contributed by atoms with Gasteiger partial charge >= 0.3 is 0 Å². The Morgan fingerprint density at radius 1 is 1.25 bits per heavy atom. The molecule has 1 aromatic rings. The van der Waals surface area contributed by atoms with Crippen molar-refractivity contribution in [2.75, 3.05) is 31.1 Å². The number of rotatable bonds is 5. The molecule has 28 heavy (non-hydrogen) atoms. The standard InChI is InChI=1S/C18H25N5O4S/c24-17(20-21-18(28)19-12-14-4-3-11-27-14)13-7-9-22(10-8-13)15-5-1-2-6-16(15)23(25)26/h1-2,5-6,13-14H,3-4,7-12H2,(H,20,24)(H2,19,21,28)/t14-/m1/s1. The van der Waals surface area contributed by atoms with Gasteiger partial charge in [-0.15, -0.1) is 0 Å². The molecule has 0 unspecified atom stereocenters. The quantitative estimate of drug-likeness (QED) is 0.383. The lowest BCUT2D eigenvalue weighted by molar-refractivity contribution is -0.384. The largest absolute Gasteiger partial charge is 0.376 e.